The lowest BCUT2D eigenvalue weighted by Gasteiger charge is -2.02. The van der Waals surface area contributed by atoms with Crippen LogP contribution in [0.3, 0.4) is 0 Å². The minimum atomic E-state index is -0.907. The lowest BCUT2D eigenvalue weighted by atomic mass is 10.2. The van der Waals surface area contributed by atoms with Crippen molar-refractivity contribution in [1.29, 1.82) is 0 Å². The van der Waals surface area contributed by atoms with Gasteiger partial charge in [-0.05, 0) is 24.3 Å². The van der Waals surface area contributed by atoms with Gasteiger partial charge in [-0.2, -0.15) is 0 Å². The van der Waals surface area contributed by atoms with Crippen LogP contribution < -0.4 is 5.32 Å². The number of halogens is 1. The molecule has 0 saturated carbocycles. The van der Waals surface area contributed by atoms with E-state index >= 15 is 0 Å². The summed E-state index contributed by atoms with van der Waals surface area (Å²) in [5.41, 5.74) is 1.19. The van der Waals surface area contributed by atoms with Gasteiger partial charge in [-0.25, -0.2) is 4.79 Å². The van der Waals surface area contributed by atoms with Crippen LogP contribution in [-0.2, 0) is 0 Å². The highest BCUT2D eigenvalue weighted by Gasteiger charge is 2.00. The van der Waals surface area contributed by atoms with E-state index in [-0.39, 0.29) is 12.4 Å². The van der Waals surface area contributed by atoms with Gasteiger partial charge in [-0.3, -0.25) is 0 Å². The predicted octanol–water partition coefficient (Wildman–Crippen LogP) is 2.40. The Hall–Kier alpha value is -1.48. The van der Waals surface area contributed by atoms with Gasteiger partial charge in [0, 0.05) is 12.2 Å². The summed E-state index contributed by atoms with van der Waals surface area (Å²) in [6, 6.07) is 6.58. The normalized spacial score (nSPS) is 8.57. The minimum Gasteiger partial charge on any atom is -0.478 e. The number of carbonyl (C=O) groups is 1. The molecule has 0 radical (unpaired) electrons. The first kappa shape index (κ1) is 12.5. The Morgan fingerprint density at radius 1 is 1.43 bits per heavy atom. The molecule has 0 heterocycles. The van der Waals surface area contributed by atoms with Crippen LogP contribution in [0.15, 0.2) is 36.9 Å². The van der Waals surface area contributed by atoms with Gasteiger partial charge >= 0.3 is 5.97 Å². The molecule has 0 fully saturated rings. The van der Waals surface area contributed by atoms with Gasteiger partial charge in [0.2, 0.25) is 0 Å². The summed E-state index contributed by atoms with van der Waals surface area (Å²) < 4.78 is 0. The standard InChI is InChI=1S/C10H11NO2.ClH/c1-2-7-11-9-5-3-8(4-6-9)10(12)13;/h2-6,11H,1,7H2,(H,12,13);1H. The predicted molar refractivity (Wildman–Crippen MR) is 59.3 cm³/mol. The van der Waals surface area contributed by atoms with E-state index in [9.17, 15) is 4.79 Å². The Kier molecular flexibility index (Phi) is 5.41. The van der Waals surface area contributed by atoms with Crippen LogP contribution in [0.2, 0.25) is 0 Å². The molecule has 2 N–H and O–H groups in total. The Labute approximate surface area is 88.9 Å². The average molecular weight is 214 g/mol. The molecular formula is C10H12ClNO2. The number of hydrogen-bond donors (Lipinski definition) is 2. The highest BCUT2D eigenvalue weighted by Crippen LogP contribution is 2.08. The lowest BCUT2D eigenvalue weighted by molar-refractivity contribution is 0.0697. The SMILES string of the molecule is C=CCNc1ccc(C(=O)O)cc1.Cl. The zero-order valence-electron chi connectivity index (χ0n) is 7.56. The Balaban J connectivity index is 0.00000169. The van der Waals surface area contributed by atoms with E-state index in [0.29, 0.717) is 12.1 Å². The smallest absolute Gasteiger partial charge is 0.335 e. The van der Waals surface area contributed by atoms with Crippen molar-refractivity contribution >= 4 is 24.1 Å². The molecule has 0 aromatic heterocycles. The summed E-state index contributed by atoms with van der Waals surface area (Å²) in [7, 11) is 0. The number of carboxylic acid groups (broad SMARTS) is 1. The van der Waals surface area contributed by atoms with Gasteiger partial charge in [-0.1, -0.05) is 6.08 Å². The second-order valence-electron chi connectivity index (χ2n) is 2.55. The Morgan fingerprint density at radius 2 is 2.00 bits per heavy atom. The van der Waals surface area contributed by atoms with Crippen molar-refractivity contribution in [3.8, 4) is 0 Å². The zero-order valence-corrected chi connectivity index (χ0v) is 8.38. The molecule has 4 heteroatoms. The molecule has 0 amide bonds. The maximum atomic E-state index is 10.5. The first-order valence-corrected chi connectivity index (χ1v) is 3.92. The monoisotopic (exact) mass is 213 g/mol. The molecule has 0 atom stereocenters. The van der Waals surface area contributed by atoms with E-state index in [1.807, 2.05) is 0 Å². The van der Waals surface area contributed by atoms with Gasteiger partial charge < -0.3 is 10.4 Å². The summed E-state index contributed by atoms with van der Waals surface area (Å²) in [4.78, 5) is 10.5. The molecule has 0 saturated heterocycles. The van der Waals surface area contributed by atoms with Crippen LogP contribution in [0, 0.1) is 0 Å². The number of anilines is 1. The van der Waals surface area contributed by atoms with E-state index in [0.717, 1.165) is 5.69 Å². The molecular weight excluding hydrogens is 202 g/mol. The third kappa shape index (κ3) is 3.49. The number of carboxylic acids is 1. The highest BCUT2D eigenvalue weighted by atomic mass is 35.5. The quantitative estimate of drug-likeness (QED) is 0.756. The lowest BCUT2D eigenvalue weighted by Crippen LogP contribution is -1.99. The second-order valence-corrected chi connectivity index (χ2v) is 2.55. The molecule has 0 aliphatic rings. The number of aromatic carboxylic acids is 1. The summed E-state index contributed by atoms with van der Waals surface area (Å²) >= 11 is 0. The fraction of sp³-hybridized carbons (Fsp3) is 0.100. The topological polar surface area (TPSA) is 49.3 Å². The first-order chi connectivity index (χ1) is 6.24. The van der Waals surface area contributed by atoms with Crippen molar-refractivity contribution in [3.63, 3.8) is 0 Å². The van der Waals surface area contributed by atoms with Crippen LogP contribution in [0.5, 0.6) is 0 Å². The fourth-order valence-corrected chi connectivity index (χ4v) is 0.921. The molecule has 76 valence electrons. The van der Waals surface area contributed by atoms with Crippen molar-refractivity contribution in [2.45, 2.75) is 0 Å². The van der Waals surface area contributed by atoms with Crippen LogP contribution in [-0.4, -0.2) is 17.6 Å². The van der Waals surface area contributed by atoms with E-state index in [4.69, 9.17) is 5.11 Å². The van der Waals surface area contributed by atoms with E-state index in [2.05, 4.69) is 11.9 Å². The minimum absolute atomic E-state index is 0. The van der Waals surface area contributed by atoms with Crippen LogP contribution in [0.1, 0.15) is 10.4 Å². The Bertz CT molecular complexity index is 308. The average Bonchev–Trinajstić information content (AvgIpc) is 2.15. The van der Waals surface area contributed by atoms with Gasteiger partial charge in [0.25, 0.3) is 0 Å². The van der Waals surface area contributed by atoms with Crippen molar-refractivity contribution in [2.24, 2.45) is 0 Å². The summed E-state index contributed by atoms with van der Waals surface area (Å²) in [6.45, 7) is 4.24. The molecule has 1 rings (SSSR count). The molecule has 0 unspecified atom stereocenters. The van der Waals surface area contributed by atoms with Gasteiger partial charge in [-0.15, -0.1) is 19.0 Å². The maximum absolute atomic E-state index is 10.5. The molecule has 1 aromatic rings. The van der Waals surface area contributed by atoms with Gasteiger partial charge in [0.05, 0.1) is 5.56 Å². The second kappa shape index (κ2) is 6.05. The van der Waals surface area contributed by atoms with Crippen molar-refractivity contribution in [2.75, 3.05) is 11.9 Å². The zero-order chi connectivity index (χ0) is 9.68. The molecule has 0 aliphatic carbocycles. The maximum Gasteiger partial charge on any atom is 0.335 e. The van der Waals surface area contributed by atoms with E-state index < -0.39 is 5.97 Å². The van der Waals surface area contributed by atoms with Gasteiger partial charge in [0.15, 0.2) is 0 Å². The third-order valence-corrected chi connectivity index (χ3v) is 1.58. The number of rotatable bonds is 4. The largest absolute Gasteiger partial charge is 0.478 e. The van der Waals surface area contributed by atoms with Crippen LogP contribution in [0.25, 0.3) is 0 Å². The molecule has 1 aromatic carbocycles. The Morgan fingerprint density at radius 3 is 2.43 bits per heavy atom. The van der Waals surface area contributed by atoms with Crippen molar-refractivity contribution in [1.82, 2.24) is 0 Å². The number of nitrogens with one attached hydrogen (secondary N) is 1. The van der Waals surface area contributed by atoms with Crippen LogP contribution >= 0.6 is 12.4 Å². The molecule has 0 spiro atoms. The first-order valence-electron chi connectivity index (χ1n) is 3.92. The van der Waals surface area contributed by atoms with Crippen molar-refractivity contribution < 1.29 is 9.90 Å². The molecule has 14 heavy (non-hydrogen) atoms. The number of benzene rings is 1. The van der Waals surface area contributed by atoms with E-state index in [1.54, 1.807) is 30.3 Å². The summed E-state index contributed by atoms with van der Waals surface area (Å²) in [6.07, 6.45) is 1.74. The van der Waals surface area contributed by atoms with Crippen LogP contribution in [0.4, 0.5) is 5.69 Å². The molecule has 0 bridgehead atoms. The fourth-order valence-electron chi connectivity index (χ4n) is 0.921. The number of hydrogen-bond acceptors (Lipinski definition) is 2. The van der Waals surface area contributed by atoms with Gasteiger partial charge in [0.1, 0.15) is 0 Å². The molecule has 3 nitrogen and oxygen atoms in total. The molecule has 0 aliphatic heterocycles. The summed E-state index contributed by atoms with van der Waals surface area (Å²) in [5, 5.41) is 11.7. The van der Waals surface area contributed by atoms with E-state index in [1.165, 1.54) is 0 Å². The summed E-state index contributed by atoms with van der Waals surface area (Å²) in [5.74, 6) is -0.907. The highest BCUT2D eigenvalue weighted by molar-refractivity contribution is 5.88. The third-order valence-electron chi connectivity index (χ3n) is 1.58. The van der Waals surface area contributed by atoms with Crippen molar-refractivity contribution in [3.05, 3.63) is 42.5 Å².